The zero-order valence-electron chi connectivity index (χ0n) is 14.0. The molecule has 124 valence electrons. The second-order valence-corrected chi connectivity index (χ2v) is 5.75. The Morgan fingerprint density at radius 2 is 1.48 bits per heavy atom. The number of benzene rings is 2. The second-order valence-electron chi connectivity index (χ2n) is 5.75. The zero-order chi connectivity index (χ0) is 18.8. The lowest BCUT2D eigenvalue weighted by molar-refractivity contribution is 1.07. The van der Waals surface area contributed by atoms with Gasteiger partial charge in [0.2, 0.25) is 0 Å². The van der Waals surface area contributed by atoms with E-state index in [0.717, 1.165) is 11.3 Å². The normalized spacial score (nSPS) is 10.1. The molecule has 0 saturated carbocycles. The van der Waals surface area contributed by atoms with E-state index in [9.17, 15) is 10.5 Å². The molecule has 2 aromatic carbocycles. The van der Waals surface area contributed by atoms with E-state index < -0.39 is 0 Å². The lowest BCUT2D eigenvalue weighted by atomic mass is 10.0. The smallest absolute Gasteiger partial charge is 0.166 e. The van der Waals surface area contributed by atoms with Gasteiger partial charge in [0.15, 0.2) is 5.65 Å². The van der Waals surface area contributed by atoms with Crippen LogP contribution in [0.4, 0.5) is 0 Å². The molecule has 0 bridgehead atoms. The van der Waals surface area contributed by atoms with E-state index in [1.165, 1.54) is 0 Å². The van der Waals surface area contributed by atoms with Crippen LogP contribution in [-0.4, -0.2) is 14.5 Å². The molecular formula is C21H10N6. The number of fused-ring (bicyclic) bond motifs is 1. The largest absolute Gasteiger partial charge is 0.283 e. The van der Waals surface area contributed by atoms with E-state index in [1.807, 2.05) is 30.3 Å². The SMILES string of the molecule is N#Cc1ccc(-n2cnc3c(C#N)c(C#N)c(-c4ccccc4)nc32)cc1. The molecule has 6 nitrogen and oxygen atoms in total. The van der Waals surface area contributed by atoms with Gasteiger partial charge >= 0.3 is 0 Å². The van der Waals surface area contributed by atoms with Crippen LogP contribution in [0.25, 0.3) is 28.1 Å². The van der Waals surface area contributed by atoms with Crippen molar-refractivity contribution in [3.05, 3.63) is 77.6 Å². The van der Waals surface area contributed by atoms with Crippen molar-refractivity contribution in [1.29, 1.82) is 15.8 Å². The van der Waals surface area contributed by atoms with E-state index in [2.05, 4.69) is 28.2 Å². The number of aromatic nitrogens is 3. The fourth-order valence-corrected chi connectivity index (χ4v) is 2.93. The van der Waals surface area contributed by atoms with Gasteiger partial charge in [0.1, 0.15) is 29.5 Å². The third kappa shape index (κ3) is 2.57. The minimum absolute atomic E-state index is 0.203. The average molecular weight is 346 g/mol. The second kappa shape index (κ2) is 6.44. The summed E-state index contributed by atoms with van der Waals surface area (Å²) in [5.41, 5.74) is 3.77. The van der Waals surface area contributed by atoms with E-state index in [-0.39, 0.29) is 11.1 Å². The van der Waals surface area contributed by atoms with Crippen LogP contribution < -0.4 is 0 Å². The standard InChI is InChI=1S/C21H10N6/c22-10-14-6-8-16(9-7-14)27-13-25-20-18(12-24)17(11-23)19(26-21(20)27)15-4-2-1-3-5-15/h1-9,13H. The summed E-state index contributed by atoms with van der Waals surface area (Å²) < 4.78 is 1.74. The minimum atomic E-state index is 0.203. The number of rotatable bonds is 2. The number of pyridine rings is 1. The van der Waals surface area contributed by atoms with Gasteiger partial charge in [0, 0.05) is 11.3 Å². The van der Waals surface area contributed by atoms with Crippen molar-refractivity contribution in [3.8, 4) is 35.2 Å². The van der Waals surface area contributed by atoms with Crippen LogP contribution >= 0.6 is 0 Å². The predicted molar refractivity (Wildman–Crippen MR) is 98.4 cm³/mol. The van der Waals surface area contributed by atoms with Crippen molar-refractivity contribution < 1.29 is 0 Å². The van der Waals surface area contributed by atoms with Crippen LogP contribution in [0.3, 0.4) is 0 Å². The summed E-state index contributed by atoms with van der Waals surface area (Å²) >= 11 is 0. The van der Waals surface area contributed by atoms with Gasteiger partial charge in [-0.05, 0) is 24.3 Å². The molecule has 0 aliphatic carbocycles. The van der Waals surface area contributed by atoms with Crippen LogP contribution in [-0.2, 0) is 0 Å². The Morgan fingerprint density at radius 1 is 0.778 bits per heavy atom. The molecule has 27 heavy (non-hydrogen) atoms. The highest BCUT2D eigenvalue weighted by Crippen LogP contribution is 2.29. The van der Waals surface area contributed by atoms with Crippen LogP contribution in [0.15, 0.2) is 60.9 Å². The van der Waals surface area contributed by atoms with Crippen molar-refractivity contribution >= 4 is 11.2 Å². The topological polar surface area (TPSA) is 102 Å². The number of imidazole rings is 1. The van der Waals surface area contributed by atoms with Gasteiger partial charge in [-0.15, -0.1) is 0 Å². The summed E-state index contributed by atoms with van der Waals surface area (Å²) in [6.07, 6.45) is 1.57. The average Bonchev–Trinajstić information content (AvgIpc) is 3.16. The molecule has 4 aromatic rings. The summed E-state index contributed by atoms with van der Waals surface area (Å²) in [5.74, 6) is 0. The highest BCUT2D eigenvalue weighted by atomic mass is 15.1. The molecule has 0 fully saturated rings. The van der Waals surface area contributed by atoms with Crippen LogP contribution in [0.1, 0.15) is 16.7 Å². The van der Waals surface area contributed by atoms with Crippen molar-refractivity contribution in [3.63, 3.8) is 0 Å². The van der Waals surface area contributed by atoms with Crippen LogP contribution in [0.5, 0.6) is 0 Å². The van der Waals surface area contributed by atoms with Gasteiger partial charge in [0.25, 0.3) is 0 Å². The Bertz CT molecular complexity index is 1280. The zero-order valence-corrected chi connectivity index (χ0v) is 14.0. The number of hydrogen-bond acceptors (Lipinski definition) is 5. The molecule has 2 aromatic heterocycles. The van der Waals surface area contributed by atoms with Gasteiger partial charge < -0.3 is 0 Å². The monoisotopic (exact) mass is 346 g/mol. The quantitative estimate of drug-likeness (QED) is 0.550. The van der Waals surface area contributed by atoms with Crippen molar-refractivity contribution in [1.82, 2.24) is 14.5 Å². The predicted octanol–water partition coefficient (Wildman–Crippen LogP) is 3.70. The Balaban J connectivity index is 2.04. The molecule has 0 N–H and O–H groups in total. The first-order chi connectivity index (χ1) is 13.3. The third-order valence-electron chi connectivity index (χ3n) is 4.23. The van der Waals surface area contributed by atoms with E-state index in [4.69, 9.17) is 5.26 Å². The summed E-state index contributed by atoms with van der Waals surface area (Å²) in [5, 5.41) is 28.3. The minimum Gasteiger partial charge on any atom is -0.283 e. The Labute approximate surface area is 154 Å². The maximum absolute atomic E-state index is 9.65. The van der Waals surface area contributed by atoms with E-state index in [1.54, 1.807) is 35.2 Å². The van der Waals surface area contributed by atoms with Crippen molar-refractivity contribution in [2.24, 2.45) is 0 Å². The lowest BCUT2D eigenvalue weighted by Gasteiger charge is -2.08. The number of nitriles is 3. The molecule has 2 heterocycles. The molecule has 0 atom stereocenters. The van der Waals surface area contributed by atoms with Crippen molar-refractivity contribution in [2.75, 3.05) is 0 Å². The maximum atomic E-state index is 9.65. The molecule has 0 amide bonds. The molecule has 0 unspecified atom stereocenters. The van der Waals surface area contributed by atoms with E-state index in [0.29, 0.717) is 22.4 Å². The van der Waals surface area contributed by atoms with Crippen LogP contribution in [0, 0.1) is 34.0 Å². The van der Waals surface area contributed by atoms with Gasteiger partial charge in [-0.3, -0.25) is 4.57 Å². The molecule has 0 aliphatic rings. The number of hydrogen-bond donors (Lipinski definition) is 0. The van der Waals surface area contributed by atoms with Gasteiger partial charge in [-0.25, -0.2) is 9.97 Å². The van der Waals surface area contributed by atoms with Crippen molar-refractivity contribution in [2.45, 2.75) is 0 Å². The lowest BCUT2D eigenvalue weighted by Crippen LogP contribution is -2.00. The fourth-order valence-electron chi connectivity index (χ4n) is 2.93. The first-order valence-corrected chi connectivity index (χ1v) is 8.04. The summed E-state index contributed by atoms with van der Waals surface area (Å²) in [4.78, 5) is 8.98. The molecular weight excluding hydrogens is 336 g/mol. The molecule has 0 radical (unpaired) electrons. The Morgan fingerprint density at radius 3 is 2.11 bits per heavy atom. The van der Waals surface area contributed by atoms with E-state index >= 15 is 0 Å². The highest BCUT2D eigenvalue weighted by molar-refractivity contribution is 5.87. The molecule has 0 spiro atoms. The Kier molecular flexibility index (Phi) is 3.82. The summed E-state index contributed by atoms with van der Waals surface area (Å²) in [7, 11) is 0. The number of nitrogens with zero attached hydrogens (tertiary/aromatic N) is 6. The Hall–Kier alpha value is -4.47. The fraction of sp³-hybridized carbons (Fsp3) is 0. The third-order valence-corrected chi connectivity index (χ3v) is 4.23. The van der Waals surface area contributed by atoms with Crippen LogP contribution in [0.2, 0.25) is 0 Å². The molecule has 0 aliphatic heterocycles. The molecule has 0 saturated heterocycles. The van der Waals surface area contributed by atoms with Gasteiger partial charge in [0.05, 0.1) is 22.9 Å². The summed E-state index contributed by atoms with van der Waals surface area (Å²) in [6.45, 7) is 0. The first-order valence-electron chi connectivity index (χ1n) is 8.04. The maximum Gasteiger partial charge on any atom is 0.166 e. The molecule has 6 heteroatoms. The van der Waals surface area contributed by atoms with Gasteiger partial charge in [-0.1, -0.05) is 30.3 Å². The van der Waals surface area contributed by atoms with Gasteiger partial charge in [-0.2, -0.15) is 15.8 Å². The molecule has 4 rings (SSSR count). The highest BCUT2D eigenvalue weighted by Gasteiger charge is 2.20. The first kappa shape index (κ1) is 16.0. The summed E-state index contributed by atoms with van der Waals surface area (Å²) in [6, 6.07) is 22.5.